The summed E-state index contributed by atoms with van der Waals surface area (Å²) in [6, 6.07) is 10.8. The number of hydrogen-bond acceptors (Lipinski definition) is 7. The second kappa shape index (κ2) is 9.72. The van der Waals surface area contributed by atoms with Gasteiger partial charge in [0, 0.05) is 17.7 Å². The third-order valence-corrected chi connectivity index (χ3v) is 3.55. The van der Waals surface area contributed by atoms with Gasteiger partial charge in [-0.25, -0.2) is 4.79 Å². The van der Waals surface area contributed by atoms with Gasteiger partial charge in [-0.15, -0.1) is 0 Å². The molecule has 2 aromatic carbocycles. The van der Waals surface area contributed by atoms with Gasteiger partial charge in [0.2, 0.25) is 0 Å². The first kappa shape index (κ1) is 20.4. The highest BCUT2D eigenvalue weighted by molar-refractivity contribution is 5.95. The fourth-order valence-corrected chi connectivity index (χ4v) is 2.23. The average Bonchev–Trinajstić information content (AvgIpc) is 2.70. The Labute approximate surface area is 160 Å². The Morgan fingerprint density at radius 1 is 1.11 bits per heavy atom. The summed E-state index contributed by atoms with van der Waals surface area (Å²) in [4.78, 5) is 33.9. The number of amides is 1. The SMILES string of the molecule is COc1ccccc1/C=C/C(=O)OCC(=O)Nc1ccc([N+](=O)[O-])cc1OC. The number of para-hydroxylation sites is 1. The third-order valence-electron chi connectivity index (χ3n) is 3.55. The van der Waals surface area contributed by atoms with Crippen molar-refractivity contribution in [3.63, 3.8) is 0 Å². The number of ether oxygens (including phenoxy) is 3. The lowest BCUT2D eigenvalue weighted by Gasteiger charge is -2.10. The Kier molecular flexibility index (Phi) is 7.09. The molecule has 0 radical (unpaired) electrons. The van der Waals surface area contributed by atoms with E-state index in [1.807, 2.05) is 0 Å². The van der Waals surface area contributed by atoms with Crippen molar-refractivity contribution in [1.82, 2.24) is 0 Å². The molecular weight excluding hydrogens is 368 g/mol. The molecule has 9 nitrogen and oxygen atoms in total. The van der Waals surface area contributed by atoms with E-state index in [2.05, 4.69) is 5.32 Å². The van der Waals surface area contributed by atoms with Crippen molar-refractivity contribution in [1.29, 1.82) is 0 Å². The summed E-state index contributed by atoms with van der Waals surface area (Å²) < 4.78 is 15.1. The van der Waals surface area contributed by atoms with Crippen LogP contribution in [0.25, 0.3) is 6.08 Å². The summed E-state index contributed by atoms with van der Waals surface area (Å²) in [5.41, 5.74) is 0.725. The predicted molar refractivity (Wildman–Crippen MR) is 101 cm³/mol. The summed E-state index contributed by atoms with van der Waals surface area (Å²) >= 11 is 0. The second-order valence-corrected chi connectivity index (χ2v) is 5.37. The number of esters is 1. The molecule has 2 aromatic rings. The maximum absolute atomic E-state index is 12.0. The molecule has 9 heteroatoms. The molecule has 28 heavy (non-hydrogen) atoms. The zero-order chi connectivity index (χ0) is 20.5. The molecule has 0 aromatic heterocycles. The molecule has 0 atom stereocenters. The van der Waals surface area contributed by atoms with Gasteiger partial charge in [-0.05, 0) is 18.2 Å². The van der Waals surface area contributed by atoms with Crippen molar-refractivity contribution < 1.29 is 28.7 Å². The zero-order valence-corrected chi connectivity index (χ0v) is 15.2. The standard InChI is InChI=1S/C19H18N2O7/c1-26-16-6-4-3-5-13(16)7-10-19(23)28-12-18(22)20-15-9-8-14(21(24)25)11-17(15)27-2/h3-11H,12H2,1-2H3,(H,20,22)/b10-7+. The van der Waals surface area contributed by atoms with Crippen molar-refractivity contribution in [3.8, 4) is 11.5 Å². The van der Waals surface area contributed by atoms with Crippen LogP contribution in [0.4, 0.5) is 11.4 Å². The lowest BCUT2D eigenvalue weighted by Crippen LogP contribution is -2.20. The molecular formula is C19H18N2O7. The van der Waals surface area contributed by atoms with Gasteiger partial charge in [-0.3, -0.25) is 14.9 Å². The van der Waals surface area contributed by atoms with E-state index in [0.29, 0.717) is 11.3 Å². The number of nitrogens with zero attached hydrogens (tertiary/aromatic N) is 1. The first-order valence-electron chi connectivity index (χ1n) is 8.04. The molecule has 0 aliphatic rings. The van der Waals surface area contributed by atoms with Crippen LogP contribution in [0.15, 0.2) is 48.5 Å². The van der Waals surface area contributed by atoms with Crippen molar-refractivity contribution in [2.45, 2.75) is 0 Å². The van der Waals surface area contributed by atoms with Crippen molar-refractivity contribution in [3.05, 3.63) is 64.2 Å². The summed E-state index contributed by atoms with van der Waals surface area (Å²) in [5, 5.41) is 13.2. The van der Waals surface area contributed by atoms with Crippen LogP contribution in [0, 0.1) is 10.1 Å². The molecule has 0 bridgehead atoms. The monoisotopic (exact) mass is 386 g/mol. The Bertz CT molecular complexity index is 909. The molecule has 0 saturated carbocycles. The summed E-state index contributed by atoms with van der Waals surface area (Å²) in [6.45, 7) is -0.533. The van der Waals surface area contributed by atoms with Gasteiger partial charge in [-0.2, -0.15) is 0 Å². The number of methoxy groups -OCH3 is 2. The van der Waals surface area contributed by atoms with Crippen LogP contribution in [-0.2, 0) is 14.3 Å². The van der Waals surface area contributed by atoms with Gasteiger partial charge in [-0.1, -0.05) is 18.2 Å². The number of benzene rings is 2. The normalized spacial score (nSPS) is 10.4. The Morgan fingerprint density at radius 2 is 1.82 bits per heavy atom. The average molecular weight is 386 g/mol. The largest absolute Gasteiger partial charge is 0.496 e. The molecule has 0 fully saturated rings. The third kappa shape index (κ3) is 5.56. The van der Waals surface area contributed by atoms with Crippen LogP contribution in [0.2, 0.25) is 0 Å². The van der Waals surface area contributed by atoms with Crippen molar-refractivity contribution in [2.24, 2.45) is 0 Å². The van der Waals surface area contributed by atoms with Crippen LogP contribution in [0.3, 0.4) is 0 Å². The first-order chi connectivity index (χ1) is 13.4. The lowest BCUT2D eigenvalue weighted by atomic mass is 10.2. The molecule has 0 spiro atoms. The number of carbonyl (C=O) groups excluding carboxylic acids is 2. The summed E-state index contributed by atoms with van der Waals surface area (Å²) in [5.74, 6) is -0.623. The van der Waals surface area contributed by atoms with Crippen LogP contribution >= 0.6 is 0 Å². The van der Waals surface area contributed by atoms with E-state index in [1.165, 1.54) is 44.6 Å². The smallest absolute Gasteiger partial charge is 0.331 e. The predicted octanol–water partition coefficient (Wildman–Crippen LogP) is 2.81. The van der Waals surface area contributed by atoms with Crippen LogP contribution in [-0.4, -0.2) is 37.6 Å². The lowest BCUT2D eigenvalue weighted by molar-refractivity contribution is -0.384. The van der Waals surface area contributed by atoms with Crippen molar-refractivity contribution in [2.75, 3.05) is 26.1 Å². The van der Waals surface area contributed by atoms with Crippen LogP contribution < -0.4 is 14.8 Å². The van der Waals surface area contributed by atoms with E-state index < -0.39 is 23.4 Å². The van der Waals surface area contributed by atoms with Gasteiger partial charge in [0.15, 0.2) is 6.61 Å². The number of hydrogen-bond donors (Lipinski definition) is 1. The Hall–Kier alpha value is -3.88. The second-order valence-electron chi connectivity index (χ2n) is 5.37. The molecule has 1 N–H and O–H groups in total. The fraction of sp³-hybridized carbons (Fsp3) is 0.158. The number of anilines is 1. The van der Waals surface area contributed by atoms with Crippen LogP contribution in [0.1, 0.15) is 5.56 Å². The van der Waals surface area contributed by atoms with E-state index in [0.717, 1.165) is 0 Å². The maximum Gasteiger partial charge on any atom is 0.331 e. The first-order valence-corrected chi connectivity index (χ1v) is 8.04. The number of non-ortho nitro benzene ring substituents is 1. The molecule has 1 amide bonds. The minimum atomic E-state index is -0.711. The topological polar surface area (TPSA) is 117 Å². The minimum absolute atomic E-state index is 0.116. The highest BCUT2D eigenvalue weighted by Gasteiger charge is 2.14. The number of nitro benzene ring substituents is 1. The Balaban J connectivity index is 1.92. The van der Waals surface area contributed by atoms with E-state index in [1.54, 1.807) is 24.3 Å². The Morgan fingerprint density at radius 3 is 2.50 bits per heavy atom. The molecule has 2 rings (SSSR count). The highest BCUT2D eigenvalue weighted by atomic mass is 16.6. The fourth-order valence-electron chi connectivity index (χ4n) is 2.23. The van der Waals surface area contributed by atoms with Crippen molar-refractivity contribution >= 4 is 29.3 Å². The zero-order valence-electron chi connectivity index (χ0n) is 15.2. The quantitative estimate of drug-likeness (QED) is 0.321. The maximum atomic E-state index is 12.0. The van der Waals surface area contributed by atoms with E-state index in [4.69, 9.17) is 14.2 Å². The molecule has 0 heterocycles. The van der Waals surface area contributed by atoms with E-state index in [9.17, 15) is 19.7 Å². The van der Waals surface area contributed by atoms with Gasteiger partial charge in [0.05, 0.1) is 30.9 Å². The van der Waals surface area contributed by atoms with E-state index in [-0.39, 0.29) is 17.1 Å². The number of nitro groups is 1. The molecule has 0 saturated heterocycles. The summed E-state index contributed by atoms with van der Waals surface area (Å²) in [7, 11) is 2.83. The van der Waals surface area contributed by atoms with Gasteiger partial charge < -0.3 is 19.5 Å². The number of rotatable bonds is 8. The molecule has 0 aliphatic heterocycles. The highest BCUT2D eigenvalue weighted by Crippen LogP contribution is 2.28. The molecule has 146 valence electrons. The molecule has 0 aliphatic carbocycles. The molecule has 0 unspecified atom stereocenters. The van der Waals surface area contributed by atoms with Gasteiger partial charge in [0.1, 0.15) is 11.5 Å². The number of carbonyl (C=O) groups is 2. The minimum Gasteiger partial charge on any atom is -0.496 e. The van der Waals surface area contributed by atoms with Gasteiger partial charge >= 0.3 is 5.97 Å². The summed E-state index contributed by atoms with van der Waals surface area (Å²) in [6.07, 6.45) is 2.69. The van der Waals surface area contributed by atoms with E-state index >= 15 is 0 Å². The van der Waals surface area contributed by atoms with Gasteiger partial charge in [0.25, 0.3) is 11.6 Å². The van der Waals surface area contributed by atoms with Crippen LogP contribution in [0.5, 0.6) is 11.5 Å². The number of nitrogens with one attached hydrogen (secondary N) is 1.